The van der Waals surface area contributed by atoms with Crippen LogP contribution >= 0.6 is 0 Å². The molecule has 4 rings (SSSR count). The van der Waals surface area contributed by atoms with E-state index in [4.69, 9.17) is 14.2 Å². The monoisotopic (exact) mass is 558 g/mol. The van der Waals surface area contributed by atoms with E-state index >= 15 is 0 Å². The maximum atomic E-state index is 6.26. The first kappa shape index (κ1) is 30.9. The fraction of sp³-hybridized carbons (Fsp3) is 0.231. The standard InChI is InChI=1S/C39H42O3/c1-7-31-10-16-34(17-11-31)22-40-25-37-28(4)38(26-41-23-35-18-12-32(8-2)13-19-35)30(6)39(29(37)5)27-42-24-36-20-14-33(9-3)15-21-36/h7-21H,1-3,22-27H2,4-6H3. The first-order valence-electron chi connectivity index (χ1n) is 14.4. The highest BCUT2D eigenvalue weighted by Crippen LogP contribution is 2.30. The van der Waals surface area contributed by atoms with Gasteiger partial charge in [-0.25, -0.2) is 0 Å². The van der Waals surface area contributed by atoms with Gasteiger partial charge in [0.1, 0.15) is 0 Å². The second-order valence-corrected chi connectivity index (χ2v) is 10.6. The lowest BCUT2D eigenvalue weighted by atomic mass is 9.89. The Morgan fingerprint density at radius 3 is 0.857 bits per heavy atom. The Bertz CT molecular complexity index is 1290. The van der Waals surface area contributed by atoms with Gasteiger partial charge in [0.2, 0.25) is 0 Å². The largest absolute Gasteiger partial charge is 0.372 e. The maximum absolute atomic E-state index is 6.26. The van der Waals surface area contributed by atoms with Gasteiger partial charge < -0.3 is 14.2 Å². The van der Waals surface area contributed by atoms with Crippen molar-refractivity contribution in [1.29, 1.82) is 0 Å². The Morgan fingerprint density at radius 1 is 0.405 bits per heavy atom. The molecule has 0 aliphatic rings. The predicted octanol–water partition coefficient (Wildman–Crippen LogP) is 9.69. The summed E-state index contributed by atoms with van der Waals surface area (Å²) in [6, 6.07) is 24.9. The first-order valence-corrected chi connectivity index (χ1v) is 14.4. The average molecular weight is 559 g/mol. The van der Waals surface area contributed by atoms with E-state index in [9.17, 15) is 0 Å². The molecule has 4 aromatic carbocycles. The maximum Gasteiger partial charge on any atom is 0.0726 e. The summed E-state index contributed by atoms with van der Waals surface area (Å²) in [5, 5.41) is 0. The van der Waals surface area contributed by atoms with Crippen LogP contribution in [0.5, 0.6) is 0 Å². The van der Waals surface area contributed by atoms with Gasteiger partial charge in [-0.15, -0.1) is 0 Å². The van der Waals surface area contributed by atoms with Crippen molar-refractivity contribution in [3.63, 3.8) is 0 Å². The molecule has 0 amide bonds. The highest BCUT2D eigenvalue weighted by Gasteiger charge is 2.18. The number of hydrogen-bond acceptors (Lipinski definition) is 3. The highest BCUT2D eigenvalue weighted by molar-refractivity contribution is 5.51. The van der Waals surface area contributed by atoms with Gasteiger partial charge in [0.25, 0.3) is 0 Å². The molecule has 0 atom stereocenters. The summed E-state index contributed by atoms with van der Waals surface area (Å²) in [5.74, 6) is 0. The van der Waals surface area contributed by atoms with Crippen molar-refractivity contribution in [3.8, 4) is 0 Å². The van der Waals surface area contributed by atoms with E-state index in [0.29, 0.717) is 39.6 Å². The van der Waals surface area contributed by atoms with Gasteiger partial charge in [-0.1, -0.05) is 111 Å². The number of rotatable bonds is 15. The Hall–Kier alpha value is -4.02. The van der Waals surface area contributed by atoms with E-state index in [1.165, 1.54) is 33.4 Å². The summed E-state index contributed by atoms with van der Waals surface area (Å²) in [6.45, 7) is 21.3. The van der Waals surface area contributed by atoms with Gasteiger partial charge in [0.05, 0.1) is 39.6 Å². The molecule has 0 N–H and O–H groups in total. The van der Waals surface area contributed by atoms with E-state index in [2.05, 4.69) is 113 Å². The molecule has 216 valence electrons. The summed E-state index contributed by atoms with van der Waals surface area (Å²) >= 11 is 0. The Labute approximate surface area is 251 Å². The van der Waals surface area contributed by atoms with Crippen LogP contribution in [0.2, 0.25) is 0 Å². The average Bonchev–Trinajstić information content (AvgIpc) is 3.03. The van der Waals surface area contributed by atoms with Crippen molar-refractivity contribution in [3.05, 3.63) is 159 Å². The highest BCUT2D eigenvalue weighted by atomic mass is 16.5. The van der Waals surface area contributed by atoms with Crippen LogP contribution in [0, 0.1) is 20.8 Å². The smallest absolute Gasteiger partial charge is 0.0726 e. The summed E-state index contributed by atoms with van der Waals surface area (Å²) < 4.78 is 18.8. The summed E-state index contributed by atoms with van der Waals surface area (Å²) in [7, 11) is 0. The number of hydrogen-bond donors (Lipinski definition) is 0. The summed E-state index contributed by atoms with van der Waals surface area (Å²) in [4.78, 5) is 0. The molecule has 3 nitrogen and oxygen atoms in total. The minimum Gasteiger partial charge on any atom is -0.372 e. The van der Waals surface area contributed by atoms with E-state index < -0.39 is 0 Å². The number of ether oxygens (including phenoxy) is 3. The lowest BCUT2D eigenvalue weighted by molar-refractivity contribution is 0.0975. The van der Waals surface area contributed by atoms with Gasteiger partial charge in [0.15, 0.2) is 0 Å². The lowest BCUT2D eigenvalue weighted by Crippen LogP contribution is -2.11. The molecule has 0 aromatic heterocycles. The third-order valence-electron chi connectivity index (χ3n) is 7.91. The van der Waals surface area contributed by atoms with Gasteiger partial charge in [-0.05, 0) is 87.5 Å². The third-order valence-corrected chi connectivity index (χ3v) is 7.91. The van der Waals surface area contributed by atoms with Gasteiger partial charge in [0, 0.05) is 0 Å². The van der Waals surface area contributed by atoms with Crippen LogP contribution in [-0.4, -0.2) is 0 Å². The van der Waals surface area contributed by atoms with Crippen LogP contribution in [0.25, 0.3) is 18.2 Å². The normalized spacial score (nSPS) is 10.9. The molecular formula is C39H42O3. The molecule has 3 heteroatoms. The second kappa shape index (κ2) is 15.3. The first-order chi connectivity index (χ1) is 20.4. The molecule has 0 bridgehead atoms. The summed E-state index contributed by atoms with van der Waals surface area (Å²) in [5.41, 5.74) is 14.0. The van der Waals surface area contributed by atoms with E-state index in [0.717, 1.165) is 33.4 Å². The van der Waals surface area contributed by atoms with Crippen molar-refractivity contribution >= 4 is 18.2 Å². The predicted molar refractivity (Wildman–Crippen MR) is 176 cm³/mol. The van der Waals surface area contributed by atoms with Crippen molar-refractivity contribution < 1.29 is 14.2 Å². The fourth-order valence-corrected chi connectivity index (χ4v) is 5.10. The van der Waals surface area contributed by atoms with Crippen LogP contribution in [0.15, 0.2) is 92.5 Å². The minimum atomic E-state index is 0.521. The molecule has 4 aromatic rings. The van der Waals surface area contributed by atoms with Crippen molar-refractivity contribution in [2.24, 2.45) is 0 Å². The minimum absolute atomic E-state index is 0.521. The Kier molecular flexibility index (Phi) is 11.2. The molecular weight excluding hydrogens is 516 g/mol. The molecule has 0 aliphatic carbocycles. The van der Waals surface area contributed by atoms with Crippen LogP contribution in [0.4, 0.5) is 0 Å². The van der Waals surface area contributed by atoms with Gasteiger partial charge in [-0.2, -0.15) is 0 Å². The fourth-order valence-electron chi connectivity index (χ4n) is 5.10. The Balaban J connectivity index is 1.51. The topological polar surface area (TPSA) is 27.7 Å². The lowest BCUT2D eigenvalue weighted by Gasteiger charge is -2.23. The molecule has 0 heterocycles. The molecule has 0 saturated heterocycles. The molecule has 0 aliphatic heterocycles. The SMILES string of the molecule is C=Cc1ccc(COCc2c(C)c(COCc3ccc(C=C)cc3)c(C)c(COCc3ccc(C=C)cc3)c2C)cc1. The molecule has 0 spiro atoms. The van der Waals surface area contributed by atoms with Crippen LogP contribution in [0.1, 0.15) is 66.8 Å². The molecule has 42 heavy (non-hydrogen) atoms. The second-order valence-electron chi connectivity index (χ2n) is 10.6. The van der Waals surface area contributed by atoms with Gasteiger partial charge >= 0.3 is 0 Å². The van der Waals surface area contributed by atoms with Gasteiger partial charge in [-0.3, -0.25) is 0 Å². The van der Waals surface area contributed by atoms with E-state index in [1.54, 1.807) is 0 Å². The third kappa shape index (κ3) is 8.04. The van der Waals surface area contributed by atoms with Crippen molar-refractivity contribution in [2.75, 3.05) is 0 Å². The molecule has 0 saturated carbocycles. The van der Waals surface area contributed by atoms with E-state index in [1.807, 2.05) is 18.2 Å². The van der Waals surface area contributed by atoms with Crippen LogP contribution in [-0.2, 0) is 53.9 Å². The zero-order chi connectivity index (χ0) is 29.9. The van der Waals surface area contributed by atoms with Crippen LogP contribution in [0.3, 0.4) is 0 Å². The molecule has 0 radical (unpaired) electrons. The number of benzene rings is 4. The van der Waals surface area contributed by atoms with Crippen molar-refractivity contribution in [2.45, 2.75) is 60.4 Å². The zero-order valence-corrected chi connectivity index (χ0v) is 25.2. The summed E-state index contributed by atoms with van der Waals surface area (Å²) in [6.07, 6.45) is 5.55. The molecule has 0 unspecified atom stereocenters. The van der Waals surface area contributed by atoms with Crippen molar-refractivity contribution in [1.82, 2.24) is 0 Å². The van der Waals surface area contributed by atoms with Crippen LogP contribution < -0.4 is 0 Å². The Morgan fingerprint density at radius 2 is 0.643 bits per heavy atom. The zero-order valence-electron chi connectivity index (χ0n) is 25.2. The quantitative estimate of drug-likeness (QED) is 0.145. The van der Waals surface area contributed by atoms with E-state index in [-0.39, 0.29) is 0 Å². The molecule has 0 fully saturated rings.